The van der Waals surface area contributed by atoms with Gasteiger partial charge in [0.05, 0.1) is 10.2 Å². The molecule has 0 amide bonds. The van der Waals surface area contributed by atoms with Crippen LogP contribution in [0.2, 0.25) is 0 Å². The van der Waals surface area contributed by atoms with E-state index < -0.39 is 5.97 Å². The van der Waals surface area contributed by atoms with E-state index in [1.807, 2.05) is 42.7 Å². The summed E-state index contributed by atoms with van der Waals surface area (Å²) >= 11 is 1.48. The topological polar surface area (TPSA) is 87.2 Å². The number of hydrogen-bond acceptors (Lipinski definition) is 7. The van der Waals surface area contributed by atoms with Crippen molar-refractivity contribution in [3.63, 3.8) is 0 Å². The third-order valence-electron chi connectivity index (χ3n) is 4.59. The zero-order valence-corrected chi connectivity index (χ0v) is 17.5. The van der Waals surface area contributed by atoms with E-state index in [1.54, 1.807) is 25.1 Å². The Morgan fingerprint density at radius 3 is 2.73 bits per heavy atom. The van der Waals surface area contributed by atoms with Crippen LogP contribution in [-0.2, 0) is 9.53 Å². The molecule has 30 heavy (non-hydrogen) atoms. The highest BCUT2D eigenvalue weighted by atomic mass is 32.1. The van der Waals surface area contributed by atoms with Crippen molar-refractivity contribution in [2.75, 3.05) is 6.61 Å². The molecular weight excluding hydrogens is 402 g/mol. The number of thiazole rings is 1. The first-order valence-electron chi connectivity index (χ1n) is 9.28. The lowest BCUT2D eigenvalue weighted by molar-refractivity contribution is -0.136. The fraction of sp³-hybridized carbons (Fsp3) is 0.182. The monoisotopic (exact) mass is 421 g/mol. The van der Waals surface area contributed by atoms with E-state index in [1.165, 1.54) is 17.4 Å². The summed E-state index contributed by atoms with van der Waals surface area (Å²) in [4.78, 5) is 29.1. The van der Waals surface area contributed by atoms with Crippen LogP contribution in [0.3, 0.4) is 0 Å². The van der Waals surface area contributed by atoms with Crippen LogP contribution in [0.4, 0.5) is 0 Å². The smallest absolute Gasteiger partial charge is 0.331 e. The van der Waals surface area contributed by atoms with Crippen LogP contribution in [0.5, 0.6) is 0 Å². The van der Waals surface area contributed by atoms with Crippen molar-refractivity contribution in [3.8, 4) is 5.82 Å². The Morgan fingerprint density at radius 1 is 1.20 bits per heavy atom. The molecule has 0 spiro atoms. The number of ketones is 1. The van der Waals surface area contributed by atoms with Gasteiger partial charge in [0.1, 0.15) is 10.8 Å². The molecule has 152 valence electrons. The summed E-state index contributed by atoms with van der Waals surface area (Å²) in [6.45, 7) is 5.16. The summed E-state index contributed by atoms with van der Waals surface area (Å²) in [5.41, 5.74) is 2.91. The summed E-state index contributed by atoms with van der Waals surface area (Å²) < 4.78 is 13.1. The second-order valence-corrected chi connectivity index (χ2v) is 7.86. The molecule has 0 aliphatic rings. The van der Waals surface area contributed by atoms with Crippen molar-refractivity contribution in [2.45, 2.75) is 20.8 Å². The molecule has 1 aromatic carbocycles. The molecule has 0 fully saturated rings. The Kier molecular flexibility index (Phi) is 5.33. The number of hydrogen-bond donors (Lipinski definition) is 0. The van der Waals surface area contributed by atoms with Gasteiger partial charge in [-0.25, -0.2) is 9.78 Å². The first-order chi connectivity index (χ1) is 14.4. The third kappa shape index (κ3) is 3.95. The van der Waals surface area contributed by atoms with E-state index in [9.17, 15) is 9.59 Å². The standard InChI is InChI=1S/C22H19N3O4S/c1-13-10-16(15(3)25(13)20-11-14(2)29-24-20)18(26)12-28-22(27)9-8-21-23-17-6-4-5-7-19(17)30-21/h4-11H,12H2,1-3H3/b9-8+. The molecule has 8 heteroatoms. The number of esters is 1. The normalized spacial score (nSPS) is 11.4. The average molecular weight is 421 g/mol. The molecule has 0 radical (unpaired) electrons. The summed E-state index contributed by atoms with van der Waals surface area (Å²) in [6.07, 6.45) is 2.88. The zero-order valence-electron chi connectivity index (χ0n) is 16.7. The molecular formula is C22H19N3O4S. The number of fused-ring (bicyclic) bond motifs is 1. The van der Waals surface area contributed by atoms with E-state index in [-0.39, 0.29) is 12.4 Å². The number of rotatable bonds is 6. The third-order valence-corrected chi connectivity index (χ3v) is 5.60. The zero-order chi connectivity index (χ0) is 21.3. The van der Waals surface area contributed by atoms with Crippen molar-refractivity contribution in [3.05, 3.63) is 70.2 Å². The van der Waals surface area contributed by atoms with Gasteiger partial charge in [-0.05, 0) is 45.0 Å². The SMILES string of the molecule is Cc1cc(-n2c(C)cc(C(=O)COC(=O)/C=C/c3nc4ccccc4s3)c2C)no1. The summed E-state index contributed by atoms with van der Waals surface area (Å²) in [6, 6.07) is 11.3. The summed E-state index contributed by atoms with van der Waals surface area (Å²) in [5, 5.41) is 4.70. The number of Topliss-reactive ketones (excluding diaryl/α,β-unsaturated/α-hetero) is 1. The summed E-state index contributed by atoms with van der Waals surface area (Å²) in [7, 11) is 0. The number of para-hydroxylation sites is 1. The fourth-order valence-corrected chi connectivity index (χ4v) is 4.09. The second kappa shape index (κ2) is 8.08. The lowest BCUT2D eigenvalue weighted by Crippen LogP contribution is -2.13. The van der Waals surface area contributed by atoms with E-state index in [2.05, 4.69) is 10.1 Å². The van der Waals surface area contributed by atoms with Crippen molar-refractivity contribution in [1.82, 2.24) is 14.7 Å². The first-order valence-corrected chi connectivity index (χ1v) is 10.1. The number of ether oxygens (including phenoxy) is 1. The average Bonchev–Trinajstić information content (AvgIpc) is 3.41. The Balaban J connectivity index is 1.41. The molecule has 0 aliphatic heterocycles. The van der Waals surface area contributed by atoms with Crippen LogP contribution in [0, 0.1) is 20.8 Å². The van der Waals surface area contributed by atoms with Gasteiger partial charge in [0.15, 0.2) is 12.4 Å². The molecule has 0 atom stereocenters. The van der Waals surface area contributed by atoms with Crippen molar-refractivity contribution >= 4 is 39.4 Å². The number of benzene rings is 1. The van der Waals surface area contributed by atoms with Gasteiger partial charge < -0.3 is 9.26 Å². The van der Waals surface area contributed by atoms with Gasteiger partial charge in [-0.1, -0.05) is 17.3 Å². The first kappa shape index (κ1) is 19.8. The van der Waals surface area contributed by atoms with Crippen LogP contribution in [0.1, 0.15) is 32.5 Å². The molecule has 4 rings (SSSR count). The molecule has 3 aromatic heterocycles. The van der Waals surface area contributed by atoms with Crippen molar-refractivity contribution < 1.29 is 18.8 Å². The number of aromatic nitrogens is 3. The Hall–Kier alpha value is -3.52. The maximum Gasteiger partial charge on any atom is 0.331 e. The number of aryl methyl sites for hydroxylation is 2. The molecule has 0 saturated heterocycles. The fourth-order valence-electron chi connectivity index (χ4n) is 3.22. The van der Waals surface area contributed by atoms with Gasteiger partial charge in [0.2, 0.25) is 5.78 Å². The Morgan fingerprint density at radius 2 is 2.00 bits per heavy atom. The maximum atomic E-state index is 12.6. The van der Waals surface area contributed by atoms with Gasteiger partial charge in [0, 0.05) is 29.1 Å². The lowest BCUT2D eigenvalue weighted by atomic mass is 10.1. The van der Waals surface area contributed by atoms with Gasteiger partial charge in [0.25, 0.3) is 0 Å². The van der Waals surface area contributed by atoms with Gasteiger partial charge >= 0.3 is 5.97 Å². The predicted molar refractivity (Wildman–Crippen MR) is 114 cm³/mol. The second-order valence-electron chi connectivity index (χ2n) is 6.80. The Labute approximate surface area is 176 Å². The number of nitrogens with zero attached hydrogens (tertiary/aromatic N) is 3. The van der Waals surface area contributed by atoms with E-state index >= 15 is 0 Å². The van der Waals surface area contributed by atoms with Crippen LogP contribution >= 0.6 is 11.3 Å². The minimum atomic E-state index is -0.594. The minimum absolute atomic E-state index is 0.281. The molecule has 0 unspecified atom stereocenters. The Bertz CT molecular complexity index is 1250. The van der Waals surface area contributed by atoms with Gasteiger partial charge in [-0.2, -0.15) is 0 Å². The van der Waals surface area contributed by atoms with Crippen LogP contribution in [-0.4, -0.2) is 33.1 Å². The van der Waals surface area contributed by atoms with Crippen molar-refractivity contribution in [1.29, 1.82) is 0 Å². The number of carbonyl (C=O) groups is 2. The highest BCUT2D eigenvalue weighted by Crippen LogP contribution is 2.23. The molecule has 0 bridgehead atoms. The van der Waals surface area contributed by atoms with E-state index in [0.717, 1.165) is 15.9 Å². The largest absolute Gasteiger partial charge is 0.454 e. The summed E-state index contributed by atoms with van der Waals surface area (Å²) in [5.74, 6) is 0.413. The van der Waals surface area contributed by atoms with Crippen LogP contribution in [0.25, 0.3) is 22.1 Å². The highest BCUT2D eigenvalue weighted by Gasteiger charge is 2.19. The van der Waals surface area contributed by atoms with Gasteiger partial charge in [-0.3, -0.25) is 9.36 Å². The van der Waals surface area contributed by atoms with E-state index in [4.69, 9.17) is 9.26 Å². The predicted octanol–water partition coefficient (Wildman–Crippen LogP) is 4.44. The molecule has 0 N–H and O–H groups in total. The molecule has 0 saturated carbocycles. The minimum Gasteiger partial charge on any atom is -0.454 e. The van der Waals surface area contributed by atoms with Gasteiger partial charge in [-0.15, -0.1) is 11.3 Å². The van der Waals surface area contributed by atoms with E-state index in [0.29, 0.717) is 27.8 Å². The molecule has 7 nitrogen and oxygen atoms in total. The van der Waals surface area contributed by atoms with Crippen molar-refractivity contribution in [2.24, 2.45) is 0 Å². The molecule has 4 aromatic rings. The van der Waals surface area contributed by atoms with Crippen LogP contribution < -0.4 is 0 Å². The van der Waals surface area contributed by atoms with Crippen LogP contribution in [0.15, 0.2) is 47.0 Å². The maximum absolute atomic E-state index is 12.6. The number of carbonyl (C=O) groups excluding carboxylic acids is 2. The quantitative estimate of drug-likeness (QED) is 0.260. The molecule has 3 heterocycles. The molecule has 0 aliphatic carbocycles. The lowest BCUT2D eigenvalue weighted by Gasteiger charge is -2.05. The highest BCUT2D eigenvalue weighted by molar-refractivity contribution is 7.19.